The molecule has 1 amide bonds. The van der Waals surface area contributed by atoms with Crippen molar-refractivity contribution in [2.45, 2.75) is 31.7 Å². The van der Waals surface area contributed by atoms with Gasteiger partial charge in [0.2, 0.25) is 0 Å². The van der Waals surface area contributed by atoms with Crippen LogP contribution in [-0.2, 0) is 0 Å². The summed E-state index contributed by atoms with van der Waals surface area (Å²) in [5, 5.41) is 5.69. The van der Waals surface area contributed by atoms with Crippen LogP contribution in [-0.4, -0.2) is 19.0 Å². The van der Waals surface area contributed by atoms with Gasteiger partial charge in [0.25, 0.3) is 5.91 Å². The lowest BCUT2D eigenvalue weighted by molar-refractivity contribution is 0.0938. The van der Waals surface area contributed by atoms with Crippen LogP contribution in [0.25, 0.3) is 0 Å². The van der Waals surface area contributed by atoms with E-state index in [-0.39, 0.29) is 17.6 Å². The summed E-state index contributed by atoms with van der Waals surface area (Å²) in [6.07, 6.45) is 4.37. The van der Waals surface area contributed by atoms with Crippen LogP contribution in [0.15, 0.2) is 18.2 Å². The highest BCUT2D eigenvalue weighted by atomic mass is 19.1. The standard InChI is InChI=1S/C13H17FN2O/c1-15-12-10(7-4-8-11(12)14)13(17)16-9-5-2-3-6-9/h4,7-9,15H,2-3,5-6H2,1H3,(H,16,17). The molecule has 0 aromatic heterocycles. The van der Waals surface area contributed by atoms with Crippen molar-refractivity contribution >= 4 is 11.6 Å². The quantitative estimate of drug-likeness (QED) is 0.846. The minimum Gasteiger partial charge on any atom is -0.385 e. The zero-order valence-corrected chi connectivity index (χ0v) is 9.92. The van der Waals surface area contributed by atoms with Gasteiger partial charge in [0, 0.05) is 13.1 Å². The number of benzene rings is 1. The molecule has 2 N–H and O–H groups in total. The number of hydrogen-bond acceptors (Lipinski definition) is 2. The van der Waals surface area contributed by atoms with Gasteiger partial charge in [-0.05, 0) is 25.0 Å². The van der Waals surface area contributed by atoms with Gasteiger partial charge in [-0.15, -0.1) is 0 Å². The number of para-hydroxylation sites is 1. The molecule has 0 spiro atoms. The number of carbonyl (C=O) groups excluding carboxylic acids is 1. The zero-order valence-electron chi connectivity index (χ0n) is 9.92. The van der Waals surface area contributed by atoms with Crippen LogP contribution >= 0.6 is 0 Å². The molecule has 1 aromatic rings. The van der Waals surface area contributed by atoms with Crippen molar-refractivity contribution in [3.8, 4) is 0 Å². The third-order valence-corrected chi connectivity index (χ3v) is 3.20. The summed E-state index contributed by atoms with van der Waals surface area (Å²) >= 11 is 0. The highest BCUT2D eigenvalue weighted by molar-refractivity contribution is 5.99. The average Bonchev–Trinajstić information content (AvgIpc) is 2.81. The first kappa shape index (κ1) is 11.9. The first-order valence-electron chi connectivity index (χ1n) is 5.99. The molecule has 0 aliphatic heterocycles. The largest absolute Gasteiger partial charge is 0.385 e. The molecule has 17 heavy (non-hydrogen) atoms. The van der Waals surface area contributed by atoms with Crippen LogP contribution in [0.5, 0.6) is 0 Å². The Bertz CT molecular complexity index is 414. The van der Waals surface area contributed by atoms with E-state index in [9.17, 15) is 9.18 Å². The predicted octanol–water partition coefficient (Wildman–Crippen LogP) is 2.54. The first-order valence-corrected chi connectivity index (χ1v) is 5.99. The summed E-state index contributed by atoms with van der Waals surface area (Å²) in [5.74, 6) is -0.590. The van der Waals surface area contributed by atoms with Crippen molar-refractivity contribution in [2.24, 2.45) is 0 Å². The van der Waals surface area contributed by atoms with Crippen molar-refractivity contribution in [3.05, 3.63) is 29.6 Å². The molecule has 1 aromatic carbocycles. The van der Waals surface area contributed by atoms with Crippen molar-refractivity contribution in [3.63, 3.8) is 0 Å². The van der Waals surface area contributed by atoms with Gasteiger partial charge >= 0.3 is 0 Å². The molecule has 92 valence electrons. The van der Waals surface area contributed by atoms with Gasteiger partial charge in [0.1, 0.15) is 5.82 Å². The van der Waals surface area contributed by atoms with Crippen molar-refractivity contribution in [1.82, 2.24) is 5.32 Å². The number of rotatable bonds is 3. The van der Waals surface area contributed by atoms with E-state index < -0.39 is 5.82 Å². The van der Waals surface area contributed by atoms with Gasteiger partial charge in [-0.3, -0.25) is 4.79 Å². The van der Waals surface area contributed by atoms with E-state index in [2.05, 4.69) is 10.6 Å². The maximum atomic E-state index is 13.5. The van der Waals surface area contributed by atoms with Gasteiger partial charge < -0.3 is 10.6 Å². The van der Waals surface area contributed by atoms with Gasteiger partial charge in [-0.1, -0.05) is 18.9 Å². The molecule has 0 saturated heterocycles. The molecule has 0 atom stereocenters. The Kier molecular flexibility index (Phi) is 3.61. The summed E-state index contributed by atoms with van der Waals surface area (Å²) in [6, 6.07) is 4.78. The number of amides is 1. The summed E-state index contributed by atoms with van der Waals surface area (Å²) in [6.45, 7) is 0. The van der Waals surface area contributed by atoms with E-state index in [1.165, 1.54) is 6.07 Å². The van der Waals surface area contributed by atoms with Gasteiger partial charge in [0.05, 0.1) is 11.3 Å². The van der Waals surface area contributed by atoms with Crippen molar-refractivity contribution < 1.29 is 9.18 Å². The van der Waals surface area contributed by atoms with Crippen LogP contribution in [0, 0.1) is 5.82 Å². The summed E-state index contributed by atoms with van der Waals surface area (Å²) in [7, 11) is 1.62. The topological polar surface area (TPSA) is 41.1 Å². The smallest absolute Gasteiger partial charge is 0.253 e. The Labute approximate surface area is 100 Å². The minimum atomic E-state index is -0.397. The fourth-order valence-electron chi connectivity index (χ4n) is 2.30. The number of nitrogens with one attached hydrogen (secondary N) is 2. The summed E-state index contributed by atoms with van der Waals surface area (Å²) in [4.78, 5) is 12.0. The predicted molar refractivity (Wildman–Crippen MR) is 65.7 cm³/mol. The molecule has 1 aliphatic carbocycles. The number of anilines is 1. The SMILES string of the molecule is CNc1c(F)cccc1C(=O)NC1CCCC1. The second-order valence-corrected chi connectivity index (χ2v) is 4.37. The van der Waals surface area contributed by atoms with Crippen LogP contribution in [0.3, 0.4) is 0 Å². The number of halogens is 1. The van der Waals surface area contributed by atoms with Crippen LogP contribution < -0.4 is 10.6 Å². The first-order chi connectivity index (χ1) is 8.22. The lowest BCUT2D eigenvalue weighted by Crippen LogP contribution is -2.33. The normalized spacial score (nSPS) is 15.9. The molecular formula is C13H17FN2O. The molecule has 2 rings (SSSR count). The van der Waals surface area contributed by atoms with E-state index in [1.807, 2.05) is 0 Å². The molecular weight excluding hydrogens is 219 g/mol. The molecule has 1 aliphatic rings. The number of hydrogen-bond donors (Lipinski definition) is 2. The Morgan fingerprint density at radius 3 is 2.71 bits per heavy atom. The second kappa shape index (κ2) is 5.17. The Morgan fingerprint density at radius 1 is 1.35 bits per heavy atom. The zero-order chi connectivity index (χ0) is 12.3. The van der Waals surface area contributed by atoms with Crippen LogP contribution in [0.4, 0.5) is 10.1 Å². The van der Waals surface area contributed by atoms with Crippen molar-refractivity contribution in [2.75, 3.05) is 12.4 Å². The van der Waals surface area contributed by atoms with E-state index >= 15 is 0 Å². The van der Waals surface area contributed by atoms with Gasteiger partial charge in [-0.2, -0.15) is 0 Å². The molecule has 0 radical (unpaired) electrons. The van der Waals surface area contributed by atoms with E-state index in [0.29, 0.717) is 5.56 Å². The fourth-order valence-corrected chi connectivity index (χ4v) is 2.30. The highest BCUT2D eigenvalue weighted by Crippen LogP contribution is 2.21. The molecule has 4 heteroatoms. The average molecular weight is 236 g/mol. The minimum absolute atomic E-state index is 0.194. The maximum absolute atomic E-state index is 13.5. The highest BCUT2D eigenvalue weighted by Gasteiger charge is 2.20. The fraction of sp³-hybridized carbons (Fsp3) is 0.462. The Morgan fingerprint density at radius 2 is 2.06 bits per heavy atom. The molecule has 0 unspecified atom stereocenters. The summed E-state index contributed by atoms with van der Waals surface area (Å²) in [5.41, 5.74) is 0.641. The lowest BCUT2D eigenvalue weighted by atomic mass is 10.1. The van der Waals surface area contributed by atoms with Gasteiger partial charge in [0.15, 0.2) is 0 Å². The molecule has 1 saturated carbocycles. The molecule has 0 heterocycles. The second-order valence-electron chi connectivity index (χ2n) is 4.37. The van der Waals surface area contributed by atoms with Crippen LogP contribution in [0.2, 0.25) is 0 Å². The molecule has 3 nitrogen and oxygen atoms in total. The third-order valence-electron chi connectivity index (χ3n) is 3.20. The monoisotopic (exact) mass is 236 g/mol. The maximum Gasteiger partial charge on any atom is 0.253 e. The molecule has 0 bridgehead atoms. The third kappa shape index (κ3) is 2.57. The van der Waals surface area contributed by atoms with E-state index in [1.54, 1.807) is 19.2 Å². The van der Waals surface area contributed by atoms with Crippen molar-refractivity contribution in [1.29, 1.82) is 0 Å². The Balaban J connectivity index is 2.15. The Hall–Kier alpha value is -1.58. The van der Waals surface area contributed by atoms with Gasteiger partial charge in [-0.25, -0.2) is 4.39 Å². The summed E-state index contributed by atoms with van der Waals surface area (Å²) < 4.78 is 13.5. The number of carbonyl (C=O) groups is 1. The van der Waals surface area contributed by atoms with E-state index in [4.69, 9.17) is 0 Å². The van der Waals surface area contributed by atoms with Crippen LogP contribution in [0.1, 0.15) is 36.0 Å². The lowest BCUT2D eigenvalue weighted by Gasteiger charge is -2.14. The molecule has 1 fully saturated rings. The van der Waals surface area contributed by atoms with E-state index in [0.717, 1.165) is 25.7 Å².